The molecule has 5 rings (SSSR count). The first-order valence-corrected chi connectivity index (χ1v) is 14.1. The van der Waals surface area contributed by atoms with Crippen molar-refractivity contribution in [1.82, 2.24) is 15.3 Å². The number of amides is 1. The van der Waals surface area contributed by atoms with Crippen LogP contribution in [0.3, 0.4) is 0 Å². The predicted octanol–water partition coefficient (Wildman–Crippen LogP) is 7.56. The van der Waals surface area contributed by atoms with Crippen molar-refractivity contribution in [2.75, 3.05) is 5.32 Å². The maximum atomic E-state index is 13.6. The summed E-state index contributed by atoms with van der Waals surface area (Å²) in [5, 5.41) is 7.73. The third-order valence-corrected chi connectivity index (χ3v) is 8.66. The van der Waals surface area contributed by atoms with Gasteiger partial charge >= 0.3 is 0 Å². The Labute approximate surface area is 229 Å². The summed E-state index contributed by atoms with van der Waals surface area (Å²) < 4.78 is 0. The van der Waals surface area contributed by atoms with Crippen LogP contribution < -0.4 is 10.6 Å². The van der Waals surface area contributed by atoms with Gasteiger partial charge < -0.3 is 10.6 Å². The molecule has 0 unspecified atom stereocenters. The average Bonchev–Trinajstić information content (AvgIpc) is 3.41. The Hall–Kier alpha value is -2.63. The summed E-state index contributed by atoms with van der Waals surface area (Å²) in [7, 11) is 0. The predicted molar refractivity (Wildman–Crippen MR) is 150 cm³/mol. The second-order valence-corrected chi connectivity index (χ2v) is 11.5. The quantitative estimate of drug-likeness (QED) is 0.326. The fraction of sp³-hybridized carbons (Fsp3) is 0.433. The van der Waals surface area contributed by atoms with Crippen LogP contribution >= 0.6 is 23.2 Å². The summed E-state index contributed by atoms with van der Waals surface area (Å²) in [6, 6.07) is 16.2. The number of aromatic nitrogens is 2. The molecule has 0 aliphatic heterocycles. The van der Waals surface area contributed by atoms with Crippen molar-refractivity contribution in [2.45, 2.75) is 76.3 Å². The molecule has 2 aliphatic rings. The molecule has 0 saturated heterocycles. The zero-order valence-corrected chi connectivity index (χ0v) is 22.8. The van der Waals surface area contributed by atoms with Gasteiger partial charge in [0, 0.05) is 34.2 Å². The minimum Gasteiger partial charge on any atom is -0.351 e. The van der Waals surface area contributed by atoms with Gasteiger partial charge in [0.15, 0.2) is 0 Å². The summed E-state index contributed by atoms with van der Waals surface area (Å²) in [6.07, 6.45) is 10.5. The molecule has 37 heavy (non-hydrogen) atoms. The van der Waals surface area contributed by atoms with E-state index in [1.807, 2.05) is 12.1 Å². The maximum absolute atomic E-state index is 13.6. The molecule has 3 aromatic rings. The van der Waals surface area contributed by atoms with E-state index in [9.17, 15) is 4.79 Å². The average molecular weight is 538 g/mol. The first kappa shape index (κ1) is 26.0. The molecule has 0 spiro atoms. The Morgan fingerprint density at radius 2 is 1.76 bits per heavy atom. The minimum absolute atomic E-state index is 0.193. The summed E-state index contributed by atoms with van der Waals surface area (Å²) in [5.41, 5.74) is 3.05. The van der Waals surface area contributed by atoms with Gasteiger partial charge in [0.2, 0.25) is 5.95 Å². The van der Waals surface area contributed by atoms with Gasteiger partial charge in [-0.3, -0.25) is 4.79 Å². The maximum Gasteiger partial charge on any atom is 0.255 e. The van der Waals surface area contributed by atoms with Crippen LogP contribution in [0.25, 0.3) is 0 Å². The SMILES string of the molecule is CC1CCC(Nc2ncc(C(=O)NCc3ccc(Cl)cc3Cl)c(C3(c4ccccc4)CCCC3)n2)CC1. The Morgan fingerprint density at radius 3 is 2.46 bits per heavy atom. The van der Waals surface area contributed by atoms with E-state index in [2.05, 4.69) is 46.8 Å². The molecule has 1 aromatic heterocycles. The van der Waals surface area contributed by atoms with Crippen LogP contribution in [-0.4, -0.2) is 21.9 Å². The van der Waals surface area contributed by atoms with Crippen molar-refractivity contribution in [1.29, 1.82) is 0 Å². The molecular weight excluding hydrogens is 503 g/mol. The monoisotopic (exact) mass is 536 g/mol. The summed E-state index contributed by atoms with van der Waals surface area (Å²) in [6.45, 7) is 2.62. The lowest BCUT2D eigenvalue weighted by Crippen LogP contribution is -2.33. The summed E-state index contributed by atoms with van der Waals surface area (Å²) in [4.78, 5) is 23.3. The Kier molecular flexibility index (Phi) is 8.01. The molecule has 2 aliphatic carbocycles. The normalized spacial score (nSPS) is 20.9. The molecule has 1 amide bonds. The molecule has 2 saturated carbocycles. The largest absolute Gasteiger partial charge is 0.351 e. The van der Waals surface area contributed by atoms with E-state index in [-0.39, 0.29) is 11.3 Å². The summed E-state index contributed by atoms with van der Waals surface area (Å²) in [5.74, 6) is 1.20. The fourth-order valence-electron chi connectivity index (χ4n) is 5.90. The third kappa shape index (κ3) is 5.78. The van der Waals surface area contributed by atoms with Crippen molar-refractivity contribution in [3.05, 3.63) is 87.2 Å². The highest BCUT2D eigenvalue weighted by Gasteiger charge is 2.42. The van der Waals surface area contributed by atoms with Crippen molar-refractivity contribution in [3.63, 3.8) is 0 Å². The number of hydrogen-bond acceptors (Lipinski definition) is 4. The number of anilines is 1. The van der Waals surface area contributed by atoms with Crippen LogP contribution in [0.15, 0.2) is 54.7 Å². The Bertz CT molecular complexity index is 1240. The molecule has 0 bridgehead atoms. The van der Waals surface area contributed by atoms with Crippen molar-refractivity contribution in [3.8, 4) is 0 Å². The van der Waals surface area contributed by atoms with Crippen molar-refractivity contribution >= 4 is 35.1 Å². The lowest BCUT2D eigenvalue weighted by atomic mass is 9.74. The molecule has 5 nitrogen and oxygen atoms in total. The van der Waals surface area contributed by atoms with Crippen LogP contribution in [0.4, 0.5) is 5.95 Å². The highest BCUT2D eigenvalue weighted by atomic mass is 35.5. The fourth-order valence-corrected chi connectivity index (χ4v) is 6.38. The minimum atomic E-state index is -0.313. The van der Waals surface area contributed by atoms with Crippen LogP contribution in [0.1, 0.15) is 85.5 Å². The van der Waals surface area contributed by atoms with E-state index in [1.165, 1.54) is 18.4 Å². The number of hydrogen-bond donors (Lipinski definition) is 2. The number of carbonyl (C=O) groups excluding carboxylic acids is 1. The van der Waals surface area contributed by atoms with Gasteiger partial charge in [0.1, 0.15) is 0 Å². The van der Waals surface area contributed by atoms with Gasteiger partial charge in [0.25, 0.3) is 5.91 Å². The zero-order valence-electron chi connectivity index (χ0n) is 21.3. The molecule has 7 heteroatoms. The highest BCUT2D eigenvalue weighted by molar-refractivity contribution is 6.35. The Morgan fingerprint density at radius 1 is 1.03 bits per heavy atom. The molecule has 1 heterocycles. The smallest absolute Gasteiger partial charge is 0.255 e. The second-order valence-electron chi connectivity index (χ2n) is 10.6. The standard InChI is InChI=1S/C30H34Cl2N4O/c1-20-9-13-24(14-10-20)35-29-34-19-25(28(37)33-18-21-11-12-23(31)17-26(21)32)27(36-29)30(15-5-6-16-30)22-7-3-2-4-8-22/h2-4,7-8,11-12,17,19-20,24H,5-6,9-10,13-16,18H2,1H3,(H,33,37)(H,34,35,36). The number of halogens is 2. The molecule has 0 atom stereocenters. The van der Waals surface area contributed by atoms with E-state index in [0.717, 1.165) is 55.7 Å². The molecular formula is C30H34Cl2N4O. The van der Waals surface area contributed by atoms with Gasteiger partial charge in [-0.1, -0.05) is 79.4 Å². The lowest BCUT2D eigenvalue weighted by Gasteiger charge is -2.32. The van der Waals surface area contributed by atoms with Crippen LogP contribution in [-0.2, 0) is 12.0 Å². The van der Waals surface area contributed by atoms with Crippen molar-refractivity contribution in [2.24, 2.45) is 5.92 Å². The molecule has 0 radical (unpaired) electrons. The molecule has 2 N–H and O–H groups in total. The third-order valence-electron chi connectivity index (χ3n) is 8.07. The van der Waals surface area contributed by atoms with Gasteiger partial charge in [-0.05, 0) is 67.7 Å². The Balaban J connectivity index is 1.48. The van der Waals surface area contributed by atoms with Gasteiger partial charge in [-0.15, -0.1) is 0 Å². The van der Waals surface area contributed by atoms with Crippen LogP contribution in [0, 0.1) is 5.92 Å². The van der Waals surface area contributed by atoms with Crippen LogP contribution in [0.5, 0.6) is 0 Å². The number of rotatable bonds is 7. The molecule has 2 aromatic carbocycles. The topological polar surface area (TPSA) is 66.9 Å². The number of nitrogens with one attached hydrogen (secondary N) is 2. The van der Waals surface area contributed by atoms with Gasteiger partial charge in [-0.2, -0.15) is 0 Å². The van der Waals surface area contributed by atoms with Crippen LogP contribution in [0.2, 0.25) is 10.0 Å². The molecule has 194 valence electrons. The number of nitrogens with zero attached hydrogens (tertiary/aromatic N) is 2. The van der Waals surface area contributed by atoms with E-state index < -0.39 is 0 Å². The van der Waals surface area contributed by atoms with E-state index in [0.29, 0.717) is 34.1 Å². The zero-order chi connectivity index (χ0) is 25.8. The van der Waals surface area contributed by atoms with Gasteiger partial charge in [-0.25, -0.2) is 9.97 Å². The van der Waals surface area contributed by atoms with E-state index >= 15 is 0 Å². The molecule has 2 fully saturated rings. The van der Waals surface area contributed by atoms with E-state index in [1.54, 1.807) is 18.3 Å². The number of benzene rings is 2. The lowest BCUT2D eigenvalue weighted by molar-refractivity contribution is 0.0947. The van der Waals surface area contributed by atoms with E-state index in [4.69, 9.17) is 28.2 Å². The first-order valence-electron chi connectivity index (χ1n) is 13.4. The highest BCUT2D eigenvalue weighted by Crippen LogP contribution is 2.47. The first-order chi connectivity index (χ1) is 17.9. The van der Waals surface area contributed by atoms with Gasteiger partial charge in [0.05, 0.1) is 11.3 Å². The number of carbonyl (C=O) groups is 1. The second kappa shape index (κ2) is 11.4. The van der Waals surface area contributed by atoms with Crippen molar-refractivity contribution < 1.29 is 4.79 Å². The summed E-state index contributed by atoms with van der Waals surface area (Å²) >= 11 is 12.4.